The van der Waals surface area contributed by atoms with Gasteiger partial charge in [-0.15, -0.1) is 0 Å². The summed E-state index contributed by atoms with van der Waals surface area (Å²) < 4.78 is 4.93. The molecule has 0 amide bonds. The molecule has 0 bridgehead atoms. The summed E-state index contributed by atoms with van der Waals surface area (Å²) in [5.74, 6) is 0.326. The summed E-state index contributed by atoms with van der Waals surface area (Å²) in [7, 11) is 3.72. The number of hydrogen-bond acceptors (Lipinski definition) is 3. The first-order valence-corrected chi connectivity index (χ1v) is 6.45. The van der Waals surface area contributed by atoms with Crippen LogP contribution in [0.4, 0.5) is 0 Å². The summed E-state index contributed by atoms with van der Waals surface area (Å²) in [5, 5.41) is 0. The van der Waals surface area contributed by atoms with Crippen molar-refractivity contribution in [2.24, 2.45) is 0 Å². The highest BCUT2D eigenvalue weighted by atomic mass is 16.5. The highest BCUT2D eigenvalue weighted by molar-refractivity contribution is 5.78. The molecule has 0 atom stereocenters. The summed E-state index contributed by atoms with van der Waals surface area (Å²) in [5.41, 5.74) is 1.28. The average molecular weight is 249 g/mol. The van der Waals surface area contributed by atoms with Gasteiger partial charge in [0, 0.05) is 39.6 Å². The second-order valence-electron chi connectivity index (χ2n) is 4.61. The largest absolute Gasteiger partial charge is 0.385 e. The van der Waals surface area contributed by atoms with E-state index >= 15 is 0 Å². The Morgan fingerprint density at radius 1 is 1.22 bits per heavy atom. The number of benzene rings is 1. The molecule has 1 aromatic carbocycles. The minimum Gasteiger partial charge on any atom is -0.385 e. The predicted octanol–water partition coefficient (Wildman–Crippen LogP) is 2.50. The number of nitrogens with zero attached hydrogens (tertiary/aromatic N) is 1. The fourth-order valence-corrected chi connectivity index (χ4v) is 1.83. The lowest BCUT2D eigenvalue weighted by molar-refractivity contribution is -0.119. The van der Waals surface area contributed by atoms with Crippen LogP contribution in [-0.2, 0) is 16.1 Å². The number of hydrogen-bond donors (Lipinski definition) is 0. The molecule has 0 aromatic heterocycles. The van der Waals surface area contributed by atoms with Gasteiger partial charge in [-0.1, -0.05) is 30.3 Å². The average Bonchev–Trinajstić information content (AvgIpc) is 2.38. The van der Waals surface area contributed by atoms with Crippen LogP contribution >= 0.6 is 0 Å². The van der Waals surface area contributed by atoms with Crippen LogP contribution in [0.15, 0.2) is 30.3 Å². The Morgan fingerprint density at radius 3 is 2.61 bits per heavy atom. The van der Waals surface area contributed by atoms with Crippen molar-refractivity contribution in [3.05, 3.63) is 35.9 Å². The van der Waals surface area contributed by atoms with Crippen LogP contribution in [0, 0.1) is 0 Å². The van der Waals surface area contributed by atoms with Crippen LogP contribution < -0.4 is 0 Å². The Hall–Kier alpha value is -1.19. The third-order valence-electron chi connectivity index (χ3n) is 2.87. The molecule has 3 nitrogen and oxygen atoms in total. The van der Waals surface area contributed by atoms with Crippen LogP contribution in [0.5, 0.6) is 0 Å². The van der Waals surface area contributed by atoms with Crippen LogP contribution in [0.25, 0.3) is 0 Å². The Bertz CT molecular complexity index is 338. The van der Waals surface area contributed by atoms with E-state index in [4.69, 9.17) is 4.74 Å². The number of methoxy groups -OCH3 is 1. The van der Waals surface area contributed by atoms with Crippen molar-refractivity contribution in [2.45, 2.75) is 25.8 Å². The zero-order valence-corrected chi connectivity index (χ0v) is 11.4. The number of carbonyl (C=O) groups is 1. The lowest BCUT2D eigenvalue weighted by Crippen LogP contribution is -2.21. The molecule has 0 aliphatic heterocycles. The first-order valence-electron chi connectivity index (χ1n) is 6.45. The molecule has 3 heteroatoms. The fraction of sp³-hybridized carbons (Fsp3) is 0.533. The van der Waals surface area contributed by atoms with E-state index in [-0.39, 0.29) is 0 Å². The third kappa shape index (κ3) is 6.52. The maximum Gasteiger partial charge on any atom is 0.134 e. The van der Waals surface area contributed by atoms with Crippen LogP contribution in [0.1, 0.15) is 24.8 Å². The molecule has 0 aliphatic carbocycles. The quantitative estimate of drug-likeness (QED) is 0.630. The van der Waals surface area contributed by atoms with E-state index in [0.717, 1.165) is 19.5 Å². The van der Waals surface area contributed by atoms with Crippen molar-refractivity contribution in [3.63, 3.8) is 0 Å². The van der Waals surface area contributed by atoms with E-state index in [1.165, 1.54) is 5.56 Å². The minimum absolute atomic E-state index is 0.326. The van der Waals surface area contributed by atoms with Gasteiger partial charge in [0.15, 0.2) is 0 Å². The number of ether oxygens (including phenoxy) is 1. The second-order valence-corrected chi connectivity index (χ2v) is 4.61. The molecule has 0 N–H and O–H groups in total. The molecule has 0 aliphatic rings. The molecule has 1 rings (SSSR count). The first kappa shape index (κ1) is 14.9. The molecule has 0 unspecified atom stereocenters. The normalized spacial score (nSPS) is 10.8. The molecule has 1 aromatic rings. The smallest absolute Gasteiger partial charge is 0.134 e. The minimum atomic E-state index is 0.326. The van der Waals surface area contributed by atoms with Crippen LogP contribution in [0.2, 0.25) is 0 Å². The van der Waals surface area contributed by atoms with Gasteiger partial charge in [0.25, 0.3) is 0 Å². The molecule has 0 heterocycles. The molecular formula is C15H23NO2. The van der Waals surface area contributed by atoms with Gasteiger partial charge in [-0.3, -0.25) is 4.79 Å². The van der Waals surface area contributed by atoms with Gasteiger partial charge in [0.2, 0.25) is 0 Å². The van der Waals surface area contributed by atoms with Gasteiger partial charge in [-0.25, -0.2) is 0 Å². The summed E-state index contributed by atoms with van der Waals surface area (Å²) >= 11 is 0. The topological polar surface area (TPSA) is 29.5 Å². The number of ketones is 1. The number of Topliss-reactive ketones (excluding diaryl/α,β-unsaturated/α-hetero) is 1. The molecule has 0 radical (unpaired) electrons. The maximum atomic E-state index is 11.6. The summed E-state index contributed by atoms with van der Waals surface area (Å²) in [6.07, 6.45) is 2.10. The molecule has 18 heavy (non-hydrogen) atoms. The monoisotopic (exact) mass is 249 g/mol. The Labute approximate surface area is 110 Å². The number of rotatable bonds is 9. The highest BCUT2D eigenvalue weighted by Crippen LogP contribution is 2.04. The highest BCUT2D eigenvalue weighted by Gasteiger charge is 2.05. The molecule has 0 saturated heterocycles. The lowest BCUT2D eigenvalue weighted by atomic mass is 10.1. The zero-order valence-electron chi connectivity index (χ0n) is 11.4. The molecule has 100 valence electrons. The standard InChI is InChI=1S/C15H23NO2/c1-16(13-14-7-4-3-5-8-14)11-10-15(17)9-6-12-18-2/h3-5,7-8H,6,9-13H2,1-2H3. The van der Waals surface area contributed by atoms with Crippen molar-refractivity contribution in [1.29, 1.82) is 0 Å². The van der Waals surface area contributed by atoms with E-state index in [1.807, 2.05) is 18.2 Å². The second kappa shape index (κ2) is 8.84. The van der Waals surface area contributed by atoms with E-state index < -0.39 is 0 Å². The van der Waals surface area contributed by atoms with E-state index in [9.17, 15) is 4.79 Å². The van der Waals surface area contributed by atoms with Crippen molar-refractivity contribution < 1.29 is 9.53 Å². The Balaban J connectivity index is 2.17. The van der Waals surface area contributed by atoms with E-state index in [0.29, 0.717) is 25.2 Å². The van der Waals surface area contributed by atoms with Gasteiger partial charge in [0.1, 0.15) is 5.78 Å². The SMILES string of the molecule is COCCCC(=O)CCN(C)Cc1ccccc1. The zero-order chi connectivity index (χ0) is 13.2. The van der Waals surface area contributed by atoms with Gasteiger partial charge < -0.3 is 9.64 Å². The molecular weight excluding hydrogens is 226 g/mol. The van der Waals surface area contributed by atoms with Gasteiger partial charge in [-0.2, -0.15) is 0 Å². The summed E-state index contributed by atoms with van der Waals surface area (Å²) in [6, 6.07) is 10.3. The number of carbonyl (C=O) groups excluding carboxylic acids is 1. The van der Waals surface area contributed by atoms with Crippen LogP contribution in [0.3, 0.4) is 0 Å². The molecule has 0 saturated carbocycles. The van der Waals surface area contributed by atoms with Gasteiger partial charge in [-0.05, 0) is 19.0 Å². The molecule has 0 spiro atoms. The predicted molar refractivity (Wildman–Crippen MR) is 73.5 cm³/mol. The van der Waals surface area contributed by atoms with E-state index in [2.05, 4.69) is 24.1 Å². The Morgan fingerprint density at radius 2 is 1.94 bits per heavy atom. The van der Waals surface area contributed by atoms with Gasteiger partial charge >= 0.3 is 0 Å². The Kier molecular flexibility index (Phi) is 7.30. The van der Waals surface area contributed by atoms with E-state index in [1.54, 1.807) is 7.11 Å². The van der Waals surface area contributed by atoms with Crippen molar-refractivity contribution in [3.8, 4) is 0 Å². The fourth-order valence-electron chi connectivity index (χ4n) is 1.83. The lowest BCUT2D eigenvalue weighted by Gasteiger charge is -2.16. The van der Waals surface area contributed by atoms with Crippen molar-refractivity contribution in [1.82, 2.24) is 4.90 Å². The summed E-state index contributed by atoms with van der Waals surface area (Å²) in [6.45, 7) is 2.39. The summed E-state index contributed by atoms with van der Waals surface area (Å²) in [4.78, 5) is 13.8. The first-order chi connectivity index (χ1) is 8.72. The van der Waals surface area contributed by atoms with Crippen LogP contribution in [-0.4, -0.2) is 38.0 Å². The molecule has 0 fully saturated rings. The van der Waals surface area contributed by atoms with Crippen molar-refractivity contribution >= 4 is 5.78 Å². The third-order valence-corrected chi connectivity index (χ3v) is 2.87. The van der Waals surface area contributed by atoms with Crippen molar-refractivity contribution in [2.75, 3.05) is 27.3 Å². The maximum absolute atomic E-state index is 11.6. The van der Waals surface area contributed by atoms with Gasteiger partial charge in [0.05, 0.1) is 0 Å².